The summed E-state index contributed by atoms with van der Waals surface area (Å²) in [5, 5.41) is 7.26. The van der Waals surface area contributed by atoms with Crippen LogP contribution in [-0.2, 0) is 18.3 Å². The molecule has 3 N–H and O–H groups in total. The molecule has 5 nitrogen and oxygen atoms in total. The third kappa shape index (κ3) is 2.09. The predicted molar refractivity (Wildman–Crippen MR) is 60.7 cm³/mol. The van der Waals surface area contributed by atoms with Gasteiger partial charge in [0.1, 0.15) is 0 Å². The maximum Gasteiger partial charge on any atom is 0.221 e. The van der Waals surface area contributed by atoms with Crippen LogP contribution in [0.25, 0.3) is 0 Å². The molecule has 0 saturated heterocycles. The van der Waals surface area contributed by atoms with Crippen LogP contribution in [0, 0.1) is 0 Å². The Labute approximate surface area is 95.0 Å². The molecule has 1 aliphatic rings. The summed E-state index contributed by atoms with van der Waals surface area (Å²) in [6.07, 6.45) is 5.40. The molecule has 0 saturated carbocycles. The summed E-state index contributed by atoms with van der Waals surface area (Å²) in [5.74, 6) is 0.0317. The normalized spacial score (nSPS) is 19.2. The molecule has 1 unspecified atom stereocenters. The molecule has 1 atom stereocenters. The number of fused-ring (bicyclic) bond motifs is 1. The van der Waals surface area contributed by atoms with Gasteiger partial charge in [-0.05, 0) is 19.3 Å². The minimum Gasteiger partial charge on any atom is -0.349 e. The zero-order chi connectivity index (χ0) is 11.5. The minimum absolute atomic E-state index is 0.0317. The van der Waals surface area contributed by atoms with E-state index in [9.17, 15) is 4.79 Å². The van der Waals surface area contributed by atoms with Crippen molar-refractivity contribution in [3.63, 3.8) is 0 Å². The van der Waals surface area contributed by atoms with E-state index in [4.69, 9.17) is 5.73 Å². The van der Waals surface area contributed by atoms with Gasteiger partial charge in [0, 0.05) is 31.3 Å². The number of hydrogen-bond donors (Lipinski definition) is 2. The molecule has 0 aromatic carbocycles. The smallest absolute Gasteiger partial charge is 0.221 e. The van der Waals surface area contributed by atoms with Crippen molar-refractivity contribution in [3.8, 4) is 0 Å². The van der Waals surface area contributed by atoms with Crippen molar-refractivity contribution in [1.82, 2.24) is 15.1 Å². The Hall–Kier alpha value is -1.36. The minimum atomic E-state index is 0.0317. The van der Waals surface area contributed by atoms with E-state index in [-0.39, 0.29) is 11.9 Å². The summed E-state index contributed by atoms with van der Waals surface area (Å²) in [5.41, 5.74) is 7.76. The lowest BCUT2D eigenvalue weighted by Gasteiger charge is -2.23. The average Bonchev–Trinajstić information content (AvgIpc) is 2.62. The largest absolute Gasteiger partial charge is 0.349 e. The molecule has 1 amide bonds. The quantitative estimate of drug-likeness (QED) is 0.770. The molecule has 1 aliphatic carbocycles. The monoisotopic (exact) mass is 222 g/mol. The van der Waals surface area contributed by atoms with Gasteiger partial charge in [0.15, 0.2) is 0 Å². The fourth-order valence-electron chi connectivity index (χ4n) is 2.25. The first-order valence-corrected chi connectivity index (χ1v) is 5.72. The number of carbonyl (C=O) groups excluding carboxylic acids is 1. The van der Waals surface area contributed by atoms with E-state index in [2.05, 4.69) is 10.4 Å². The molecular formula is C11H18N4O. The van der Waals surface area contributed by atoms with Gasteiger partial charge >= 0.3 is 0 Å². The zero-order valence-corrected chi connectivity index (χ0v) is 9.57. The predicted octanol–water partition coefficient (Wildman–Crippen LogP) is 0.262. The molecule has 0 spiro atoms. The van der Waals surface area contributed by atoms with Crippen molar-refractivity contribution in [2.24, 2.45) is 12.8 Å². The summed E-state index contributed by atoms with van der Waals surface area (Å²) in [7, 11) is 1.95. The van der Waals surface area contributed by atoms with E-state index in [0.29, 0.717) is 13.0 Å². The van der Waals surface area contributed by atoms with Crippen LogP contribution in [0.5, 0.6) is 0 Å². The van der Waals surface area contributed by atoms with E-state index in [1.54, 1.807) is 0 Å². The van der Waals surface area contributed by atoms with Crippen LogP contribution in [0.1, 0.15) is 36.6 Å². The second-order valence-electron chi connectivity index (χ2n) is 4.22. The zero-order valence-electron chi connectivity index (χ0n) is 9.57. The van der Waals surface area contributed by atoms with E-state index in [1.807, 2.05) is 17.9 Å². The van der Waals surface area contributed by atoms with Gasteiger partial charge in [-0.25, -0.2) is 0 Å². The Kier molecular flexibility index (Phi) is 3.24. The molecule has 1 aromatic heterocycles. The molecule has 0 radical (unpaired) electrons. The number of aromatic nitrogens is 2. The number of nitrogens with zero attached hydrogens (tertiary/aromatic N) is 2. The van der Waals surface area contributed by atoms with Gasteiger partial charge in [-0.1, -0.05) is 0 Å². The maximum absolute atomic E-state index is 11.5. The van der Waals surface area contributed by atoms with Crippen molar-refractivity contribution in [3.05, 3.63) is 17.5 Å². The molecule has 0 aliphatic heterocycles. The molecule has 0 fully saturated rings. The molecule has 2 rings (SSSR count). The molecular weight excluding hydrogens is 204 g/mol. The van der Waals surface area contributed by atoms with E-state index in [0.717, 1.165) is 19.3 Å². The number of nitrogens with two attached hydrogens (primary N) is 1. The van der Waals surface area contributed by atoms with Gasteiger partial charge in [-0.3, -0.25) is 9.48 Å². The molecule has 16 heavy (non-hydrogen) atoms. The van der Waals surface area contributed by atoms with Crippen molar-refractivity contribution in [2.45, 2.75) is 31.7 Å². The molecule has 1 heterocycles. The Bertz CT molecular complexity index is 385. The summed E-state index contributed by atoms with van der Waals surface area (Å²) in [4.78, 5) is 11.5. The molecule has 88 valence electrons. The van der Waals surface area contributed by atoms with Crippen LogP contribution >= 0.6 is 0 Å². The highest BCUT2D eigenvalue weighted by Gasteiger charge is 2.24. The van der Waals surface area contributed by atoms with Crippen LogP contribution in [0.2, 0.25) is 0 Å². The third-order valence-corrected chi connectivity index (χ3v) is 3.08. The molecule has 5 heteroatoms. The standard InChI is InChI=1S/C11H18N4O/c1-15-10-4-2-3-9(8(10)7-13-15)14-11(16)5-6-12/h7,9H,2-6,12H2,1H3,(H,14,16). The first-order chi connectivity index (χ1) is 7.72. The van der Waals surface area contributed by atoms with Crippen LogP contribution < -0.4 is 11.1 Å². The highest BCUT2D eigenvalue weighted by molar-refractivity contribution is 5.76. The van der Waals surface area contributed by atoms with Crippen LogP contribution in [0.3, 0.4) is 0 Å². The van der Waals surface area contributed by atoms with E-state index < -0.39 is 0 Å². The van der Waals surface area contributed by atoms with E-state index >= 15 is 0 Å². The Morgan fingerprint density at radius 1 is 1.75 bits per heavy atom. The topological polar surface area (TPSA) is 72.9 Å². The lowest BCUT2D eigenvalue weighted by molar-refractivity contribution is -0.121. The number of rotatable bonds is 3. The third-order valence-electron chi connectivity index (χ3n) is 3.08. The summed E-state index contributed by atoms with van der Waals surface area (Å²) in [6.45, 7) is 0.401. The van der Waals surface area contributed by atoms with Gasteiger partial charge in [0.2, 0.25) is 5.91 Å². The number of hydrogen-bond acceptors (Lipinski definition) is 3. The van der Waals surface area contributed by atoms with Crippen molar-refractivity contribution in [1.29, 1.82) is 0 Å². The van der Waals surface area contributed by atoms with E-state index in [1.165, 1.54) is 11.3 Å². The van der Waals surface area contributed by atoms with Crippen molar-refractivity contribution >= 4 is 5.91 Å². The van der Waals surface area contributed by atoms with Gasteiger partial charge in [-0.15, -0.1) is 0 Å². The van der Waals surface area contributed by atoms with Gasteiger partial charge in [-0.2, -0.15) is 5.10 Å². The summed E-state index contributed by atoms with van der Waals surface area (Å²) < 4.78 is 1.90. The lowest BCUT2D eigenvalue weighted by Crippen LogP contribution is -2.32. The number of nitrogens with one attached hydrogen (secondary N) is 1. The Morgan fingerprint density at radius 3 is 3.31 bits per heavy atom. The number of aryl methyl sites for hydroxylation is 1. The average molecular weight is 222 g/mol. The highest BCUT2D eigenvalue weighted by atomic mass is 16.1. The van der Waals surface area contributed by atoms with Crippen molar-refractivity contribution in [2.75, 3.05) is 6.54 Å². The molecule has 0 bridgehead atoms. The fraction of sp³-hybridized carbons (Fsp3) is 0.636. The first-order valence-electron chi connectivity index (χ1n) is 5.72. The lowest BCUT2D eigenvalue weighted by atomic mass is 9.93. The molecule has 1 aromatic rings. The van der Waals surface area contributed by atoms with Gasteiger partial charge in [0.25, 0.3) is 0 Å². The summed E-state index contributed by atoms with van der Waals surface area (Å²) in [6, 6.07) is 0.122. The SMILES string of the molecule is Cn1ncc2c1CCCC2NC(=O)CCN. The van der Waals surface area contributed by atoms with Crippen LogP contribution in [0.4, 0.5) is 0 Å². The van der Waals surface area contributed by atoms with Crippen LogP contribution in [-0.4, -0.2) is 22.2 Å². The fourth-order valence-corrected chi connectivity index (χ4v) is 2.25. The highest BCUT2D eigenvalue weighted by Crippen LogP contribution is 2.28. The Morgan fingerprint density at radius 2 is 2.56 bits per heavy atom. The number of amides is 1. The van der Waals surface area contributed by atoms with Crippen LogP contribution in [0.15, 0.2) is 6.20 Å². The van der Waals surface area contributed by atoms with Gasteiger partial charge in [0.05, 0.1) is 12.2 Å². The summed E-state index contributed by atoms with van der Waals surface area (Å²) >= 11 is 0. The second kappa shape index (κ2) is 4.65. The first kappa shape index (κ1) is 11.1. The van der Waals surface area contributed by atoms with Gasteiger partial charge < -0.3 is 11.1 Å². The second-order valence-corrected chi connectivity index (χ2v) is 4.22. The number of carbonyl (C=O) groups is 1. The van der Waals surface area contributed by atoms with Crippen molar-refractivity contribution < 1.29 is 4.79 Å². The maximum atomic E-state index is 11.5. The Balaban J connectivity index is 2.10.